The first-order valence-corrected chi connectivity index (χ1v) is 5.65. The van der Waals surface area contributed by atoms with Crippen LogP contribution in [0.15, 0.2) is 24.3 Å². The summed E-state index contributed by atoms with van der Waals surface area (Å²) in [6.45, 7) is 2.91. The lowest BCUT2D eigenvalue weighted by molar-refractivity contribution is 0.587. The summed E-state index contributed by atoms with van der Waals surface area (Å²) in [5, 5.41) is 0. The molecule has 0 unspecified atom stereocenters. The summed E-state index contributed by atoms with van der Waals surface area (Å²) in [5.74, 6) is -3.35. The second kappa shape index (κ2) is 5.07. The Morgan fingerprint density at radius 3 is 1.42 bits per heavy atom. The van der Waals surface area contributed by atoms with Gasteiger partial charge in [0.25, 0.3) is 0 Å². The van der Waals surface area contributed by atoms with E-state index >= 15 is 0 Å². The van der Waals surface area contributed by atoms with E-state index in [0.29, 0.717) is 0 Å². The van der Waals surface area contributed by atoms with Gasteiger partial charge in [0, 0.05) is 0 Å². The van der Waals surface area contributed by atoms with E-state index < -0.39 is 34.2 Å². The maximum absolute atomic E-state index is 13.8. The Morgan fingerprint density at radius 1 is 0.684 bits per heavy atom. The van der Waals surface area contributed by atoms with Crippen LogP contribution in [0, 0.1) is 37.1 Å². The minimum Gasteiger partial charge on any atom is -0.208 e. The molecule has 97 valence electrons. The lowest BCUT2D eigenvalue weighted by Crippen LogP contribution is -2.37. The van der Waals surface area contributed by atoms with Gasteiger partial charge >= 0.3 is 0 Å². The highest BCUT2D eigenvalue weighted by Gasteiger charge is 2.19. The molecule has 19 heavy (non-hydrogen) atoms. The number of halogens is 4. The smallest absolute Gasteiger partial charge is 0.207 e. The summed E-state index contributed by atoms with van der Waals surface area (Å²) in [5.41, 5.74) is -0.464. The second-order valence-corrected chi connectivity index (χ2v) is 4.33. The zero-order valence-electron chi connectivity index (χ0n) is 10.4. The largest absolute Gasteiger partial charge is 0.208 e. The molecule has 5 heteroatoms. The highest BCUT2D eigenvalue weighted by atomic mass is 19.1. The van der Waals surface area contributed by atoms with Crippen molar-refractivity contribution in [3.8, 4) is 0 Å². The number of hydrogen-bond acceptors (Lipinski definition) is 0. The standard InChI is InChI=1S/C14H10BF4/c1-7-3-5-9(16)11(13(7)18)15-12-10(17)6-4-8(2)14(12)19/h3-6H,1-2H3. The first kappa shape index (κ1) is 13.7. The van der Waals surface area contributed by atoms with E-state index in [0.717, 1.165) is 19.4 Å². The predicted octanol–water partition coefficient (Wildman–Crippen LogP) is 2.51. The molecule has 2 aromatic carbocycles. The van der Waals surface area contributed by atoms with Crippen LogP contribution in [0.25, 0.3) is 0 Å². The number of rotatable bonds is 2. The van der Waals surface area contributed by atoms with E-state index in [1.807, 2.05) is 0 Å². The Bertz CT molecular complexity index is 582. The fourth-order valence-electron chi connectivity index (χ4n) is 1.77. The van der Waals surface area contributed by atoms with E-state index in [4.69, 9.17) is 0 Å². The van der Waals surface area contributed by atoms with Gasteiger partial charge in [0.2, 0.25) is 7.28 Å². The molecule has 0 heterocycles. The van der Waals surface area contributed by atoms with Gasteiger partial charge in [0.1, 0.15) is 23.3 Å². The average molecular weight is 265 g/mol. The molecule has 0 fully saturated rings. The van der Waals surface area contributed by atoms with Gasteiger partial charge in [-0.2, -0.15) is 0 Å². The molecule has 0 spiro atoms. The molecule has 2 rings (SSSR count). The van der Waals surface area contributed by atoms with Crippen molar-refractivity contribution in [1.82, 2.24) is 0 Å². The third-order valence-electron chi connectivity index (χ3n) is 2.93. The average Bonchev–Trinajstić information content (AvgIpc) is 2.38. The van der Waals surface area contributed by atoms with Crippen LogP contribution in [0.4, 0.5) is 17.6 Å². The molecular formula is C14H10BF4. The van der Waals surface area contributed by atoms with Crippen molar-refractivity contribution in [2.24, 2.45) is 0 Å². The summed E-state index contributed by atoms with van der Waals surface area (Å²) in [6.07, 6.45) is 0. The van der Waals surface area contributed by atoms with Crippen molar-refractivity contribution >= 4 is 18.2 Å². The molecule has 0 aliphatic rings. The van der Waals surface area contributed by atoms with E-state index in [2.05, 4.69) is 0 Å². The molecule has 0 saturated heterocycles. The van der Waals surface area contributed by atoms with Crippen molar-refractivity contribution < 1.29 is 17.6 Å². The highest BCUT2D eigenvalue weighted by Crippen LogP contribution is 2.08. The fraction of sp³-hybridized carbons (Fsp3) is 0.143. The summed E-state index contributed by atoms with van der Waals surface area (Å²) < 4.78 is 54.7. The first-order valence-electron chi connectivity index (χ1n) is 5.65. The van der Waals surface area contributed by atoms with E-state index in [9.17, 15) is 17.6 Å². The second-order valence-electron chi connectivity index (χ2n) is 4.33. The van der Waals surface area contributed by atoms with Crippen molar-refractivity contribution in [1.29, 1.82) is 0 Å². The fourth-order valence-corrected chi connectivity index (χ4v) is 1.77. The molecule has 0 N–H and O–H groups in total. The zero-order chi connectivity index (χ0) is 14.2. The van der Waals surface area contributed by atoms with Gasteiger partial charge in [0.15, 0.2) is 0 Å². The Hall–Kier alpha value is -1.78. The third kappa shape index (κ3) is 2.50. The van der Waals surface area contributed by atoms with Crippen LogP contribution < -0.4 is 10.9 Å². The minimum atomic E-state index is -0.858. The van der Waals surface area contributed by atoms with E-state index in [1.165, 1.54) is 26.0 Å². The third-order valence-corrected chi connectivity index (χ3v) is 2.93. The molecule has 0 saturated carbocycles. The maximum Gasteiger partial charge on any atom is 0.207 e. The molecule has 0 aliphatic heterocycles. The topological polar surface area (TPSA) is 0 Å². The Labute approximate surface area is 109 Å². The van der Waals surface area contributed by atoms with Crippen LogP contribution in [-0.2, 0) is 0 Å². The molecule has 0 nitrogen and oxygen atoms in total. The summed E-state index contributed by atoms with van der Waals surface area (Å²) in [4.78, 5) is 0. The highest BCUT2D eigenvalue weighted by molar-refractivity contribution is 6.67. The number of hydrogen-bond donors (Lipinski definition) is 0. The number of aryl methyl sites for hydroxylation is 2. The van der Waals surface area contributed by atoms with Crippen molar-refractivity contribution in [3.05, 3.63) is 58.7 Å². The van der Waals surface area contributed by atoms with Crippen LogP contribution in [0.5, 0.6) is 0 Å². The lowest BCUT2D eigenvalue weighted by atomic mass is 9.62. The van der Waals surface area contributed by atoms with Crippen molar-refractivity contribution in [3.63, 3.8) is 0 Å². The van der Waals surface area contributed by atoms with E-state index in [-0.39, 0.29) is 11.1 Å². The van der Waals surface area contributed by atoms with Crippen LogP contribution in [0.1, 0.15) is 11.1 Å². The van der Waals surface area contributed by atoms with E-state index in [1.54, 1.807) is 0 Å². The van der Waals surface area contributed by atoms with Gasteiger partial charge in [-0.05, 0) is 48.0 Å². The van der Waals surface area contributed by atoms with Crippen LogP contribution in [0.2, 0.25) is 0 Å². The molecule has 0 aliphatic carbocycles. The van der Waals surface area contributed by atoms with Crippen molar-refractivity contribution in [2.75, 3.05) is 0 Å². The van der Waals surface area contributed by atoms with Gasteiger partial charge in [-0.1, -0.05) is 12.1 Å². The zero-order valence-corrected chi connectivity index (χ0v) is 10.4. The molecule has 0 amide bonds. The summed E-state index contributed by atoms with van der Waals surface area (Å²) >= 11 is 0. The van der Waals surface area contributed by atoms with Crippen LogP contribution in [0.3, 0.4) is 0 Å². The Balaban J connectivity index is 2.54. The first-order chi connectivity index (χ1) is 8.91. The Morgan fingerprint density at radius 2 is 1.05 bits per heavy atom. The van der Waals surface area contributed by atoms with Gasteiger partial charge in [-0.15, -0.1) is 0 Å². The Kier molecular flexibility index (Phi) is 3.65. The van der Waals surface area contributed by atoms with Crippen molar-refractivity contribution in [2.45, 2.75) is 13.8 Å². The maximum atomic E-state index is 13.8. The lowest BCUT2D eigenvalue weighted by Gasteiger charge is -2.09. The summed E-state index contributed by atoms with van der Waals surface area (Å²) in [7, 11) is 0.856. The SMILES string of the molecule is Cc1ccc(F)c([B]c2c(F)ccc(C)c2F)c1F. The van der Waals surface area contributed by atoms with Gasteiger partial charge in [-0.25, -0.2) is 17.6 Å². The van der Waals surface area contributed by atoms with Gasteiger partial charge in [0.05, 0.1) is 0 Å². The summed E-state index contributed by atoms with van der Waals surface area (Å²) in [6, 6.07) is 4.67. The molecule has 0 bridgehead atoms. The molecule has 0 atom stereocenters. The quantitative estimate of drug-likeness (QED) is 0.578. The monoisotopic (exact) mass is 265 g/mol. The molecule has 0 aromatic heterocycles. The van der Waals surface area contributed by atoms with Gasteiger partial charge in [-0.3, -0.25) is 0 Å². The normalized spacial score (nSPS) is 10.6. The van der Waals surface area contributed by atoms with Gasteiger partial charge < -0.3 is 0 Å². The van der Waals surface area contributed by atoms with Crippen LogP contribution in [-0.4, -0.2) is 7.28 Å². The molecule has 2 aromatic rings. The van der Waals surface area contributed by atoms with Crippen LogP contribution >= 0.6 is 0 Å². The predicted molar refractivity (Wildman–Crippen MR) is 67.2 cm³/mol. The molecule has 1 radical (unpaired) electrons. The molecular weight excluding hydrogens is 255 g/mol. The number of benzene rings is 2. The minimum absolute atomic E-state index is 0.209.